The van der Waals surface area contributed by atoms with E-state index in [0.717, 1.165) is 23.1 Å². The highest BCUT2D eigenvalue weighted by Gasteiger charge is 2.24. The molecule has 1 rings (SSSR count). The number of aliphatic hydroxyl groups excluding tert-OH is 1. The van der Waals surface area contributed by atoms with Crippen LogP contribution < -0.4 is 10.1 Å². The van der Waals surface area contributed by atoms with Gasteiger partial charge >= 0.3 is 6.09 Å². The van der Waals surface area contributed by atoms with Crippen LogP contribution >= 0.6 is 15.9 Å². The van der Waals surface area contributed by atoms with E-state index < -0.39 is 24.0 Å². The number of alkyl halides is 1. The van der Waals surface area contributed by atoms with Crippen LogP contribution in [0.2, 0.25) is 0 Å². The number of amides is 1. The second-order valence-electron chi connectivity index (χ2n) is 6.62. The zero-order valence-electron chi connectivity index (χ0n) is 15.3. The molecule has 0 saturated heterocycles. The maximum Gasteiger partial charge on any atom is 0.408 e. The van der Waals surface area contributed by atoms with Crippen LogP contribution in [-0.4, -0.2) is 48.2 Å². The van der Waals surface area contributed by atoms with E-state index >= 15 is 0 Å². The van der Waals surface area contributed by atoms with Crippen molar-refractivity contribution >= 4 is 22.0 Å². The van der Waals surface area contributed by atoms with Crippen molar-refractivity contribution in [2.75, 3.05) is 19.0 Å². The van der Waals surface area contributed by atoms with Crippen molar-refractivity contribution in [2.45, 2.75) is 51.5 Å². The highest BCUT2D eigenvalue weighted by Crippen LogP contribution is 2.15. The molecular formula is C18H28BrNO5. The molecule has 0 bridgehead atoms. The van der Waals surface area contributed by atoms with Crippen LogP contribution in [0.25, 0.3) is 0 Å². The first kappa shape index (κ1) is 21.7. The van der Waals surface area contributed by atoms with Crippen LogP contribution in [0.15, 0.2) is 24.3 Å². The fourth-order valence-corrected chi connectivity index (χ4v) is 2.30. The van der Waals surface area contributed by atoms with Crippen LogP contribution in [-0.2, 0) is 15.9 Å². The second kappa shape index (κ2) is 10.6. The number of hydrogen-bond donors (Lipinski definition) is 2. The van der Waals surface area contributed by atoms with E-state index in [9.17, 15) is 9.90 Å². The molecule has 6 nitrogen and oxygen atoms in total. The van der Waals surface area contributed by atoms with Gasteiger partial charge in [-0.3, -0.25) is 0 Å². The van der Waals surface area contributed by atoms with Crippen LogP contribution in [0, 0.1) is 0 Å². The molecule has 142 valence electrons. The van der Waals surface area contributed by atoms with Crippen LogP contribution in [0.1, 0.15) is 32.8 Å². The molecule has 0 saturated carbocycles. The quantitative estimate of drug-likeness (QED) is 0.366. The minimum Gasteiger partial charge on any atom is -0.494 e. The molecule has 0 fully saturated rings. The van der Waals surface area contributed by atoms with E-state index in [0.29, 0.717) is 13.0 Å². The van der Waals surface area contributed by atoms with Crippen molar-refractivity contribution < 1.29 is 24.1 Å². The zero-order chi connectivity index (χ0) is 18.9. The Kier molecular flexibility index (Phi) is 9.24. The SMILES string of the molecule is COC(O)[C@H](Cc1ccc(OCCCBr)cc1)NC(=O)OC(C)(C)C. The minimum atomic E-state index is -1.14. The van der Waals surface area contributed by atoms with Crippen LogP contribution in [0.4, 0.5) is 4.79 Å². The van der Waals surface area contributed by atoms with Crippen molar-refractivity contribution in [3.63, 3.8) is 0 Å². The highest BCUT2D eigenvalue weighted by molar-refractivity contribution is 9.09. The topological polar surface area (TPSA) is 77.0 Å². The first-order chi connectivity index (χ1) is 11.7. The summed E-state index contributed by atoms with van der Waals surface area (Å²) in [4.78, 5) is 12.0. The van der Waals surface area contributed by atoms with E-state index in [1.165, 1.54) is 7.11 Å². The number of hydrogen-bond acceptors (Lipinski definition) is 5. The number of benzene rings is 1. The molecule has 1 aromatic carbocycles. The molecule has 0 spiro atoms. The second-order valence-corrected chi connectivity index (χ2v) is 7.41. The maximum atomic E-state index is 12.0. The van der Waals surface area contributed by atoms with Gasteiger partial charge in [0.2, 0.25) is 0 Å². The van der Waals surface area contributed by atoms with Crippen LogP contribution in [0.5, 0.6) is 5.75 Å². The Labute approximate surface area is 158 Å². The predicted octanol–water partition coefficient (Wildman–Crippen LogP) is 3.25. The maximum absolute atomic E-state index is 12.0. The summed E-state index contributed by atoms with van der Waals surface area (Å²) in [5.41, 5.74) is 0.325. The Bertz CT molecular complexity index is 515. The first-order valence-corrected chi connectivity index (χ1v) is 9.35. The molecule has 0 radical (unpaired) electrons. The van der Waals surface area contributed by atoms with Gasteiger partial charge in [0.25, 0.3) is 0 Å². The molecule has 0 aliphatic rings. The van der Waals surface area contributed by atoms with Gasteiger partial charge in [-0.05, 0) is 51.3 Å². The molecule has 1 unspecified atom stereocenters. The Hall–Kier alpha value is -1.31. The third-order valence-electron chi connectivity index (χ3n) is 3.21. The standard InChI is InChI=1S/C18H28BrNO5/c1-18(2,3)25-17(22)20-15(16(21)23-4)12-13-6-8-14(9-7-13)24-11-5-10-19/h6-9,15-16,21H,5,10-12H2,1-4H3,(H,20,22)/t15-,16?/m0/s1. The molecular weight excluding hydrogens is 390 g/mol. The van der Waals surface area contributed by atoms with Gasteiger partial charge in [0.1, 0.15) is 11.4 Å². The van der Waals surface area contributed by atoms with Crippen molar-refractivity contribution in [1.82, 2.24) is 5.32 Å². The van der Waals surface area contributed by atoms with Crippen molar-refractivity contribution in [2.24, 2.45) is 0 Å². The number of carbonyl (C=O) groups is 1. The molecule has 0 aliphatic heterocycles. The van der Waals surface area contributed by atoms with E-state index in [1.54, 1.807) is 20.8 Å². The number of nitrogens with one attached hydrogen (secondary N) is 1. The van der Waals surface area contributed by atoms with Gasteiger partial charge in [-0.15, -0.1) is 0 Å². The van der Waals surface area contributed by atoms with Gasteiger partial charge < -0.3 is 24.6 Å². The molecule has 0 heterocycles. The minimum absolute atomic E-state index is 0.399. The number of alkyl carbamates (subject to hydrolysis) is 1. The molecule has 7 heteroatoms. The summed E-state index contributed by atoms with van der Waals surface area (Å²) in [6.45, 7) is 5.99. The van der Waals surface area contributed by atoms with E-state index in [2.05, 4.69) is 21.2 Å². The highest BCUT2D eigenvalue weighted by atomic mass is 79.9. The normalized spacial score (nSPS) is 13.8. The summed E-state index contributed by atoms with van der Waals surface area (Å²) in [6.07, 6.45) is -0.398. The lowest BCUT2D eigenvalue weighted by molar-refractivity contribution is -0.0968. The first-order valence-electron chi connectivity index (χ1n) is 8.23. The average Bonchev–Trinajstić information content (AvgIpc) is 2.53. The van der Waals surface area contributed by atoms with Gasteiger partial charge in [-0.25, -0.2) is 4.79 Å². The Morgan fingerprint density at radius 3 is 2.44 bits per heavy atom. The third kappa shape index (κ3) is 9.09. The number of ether oxygens (including phenoxy) is 3. The average molecular weight is 418 g/mol. The summed E-state index contributed by atoms with van der Waals surface area (Å²) in [6, 6.07) is 6.91. The number of aliphatic hydroxyl groups is 1. The molecule has 0 aliphatic carbocycles. The van der Waals surface area contributed by atoms with Crippen molar-refractivity contribution in [3.8, 4) is 5.75 Å². The molecule has 2 atom stereocenters. The van der Waals surface area contributed by atoms with Crippen molar-refractivity contribution in [1.29, 1.82) is 0 Å². The Morgan fingerprint density at radius 1 is 1.28 bits per heavy atom. The van der Waals surface area contributed by atoms with E-state index in [-0.39, 0.29) is 0 Å². The van der Waals surface area contributed by atoms with Gasteiger partial charge in [-0.2, -0.15) is 0 Å². The molecule has 1 amide bonds. The number of halogens is 1. The van der Waals surface area contributed by atoms with Gasteiger partial charge in [0, 0.05) is 12.4 Å². The largest absolute Gasteiger partial charge is 0.494 e. The smallest absolute Gasteiger partial charge is 0.408 e. The molecule has 2 N–H and O–H groups in total. The number of carbonyl (C=O) groups excluding carboxylic acids is 1. The molecule has 25 heavy (non-hydrogen) atoms. The Morgan fingerprint density at radius 2 is 1.92 bits per heavy atom. The predicted molar refractivity (Wildman–Crippen MR) is 100 cm³/mol. The third-order valence-corrected chi connectivity index (χ3v) is 3.77. The summed E-state index contributed by atoms with van der Waals surface area (Å²) in [7, 11) is 1.38. The lowest BCUT2D eigenvalue weighted by Crippen LogP contribution is -2.47. The van der Waals surface area contributed by atoms with Gasteiger partial charge in [0.05, 0.1) is 12.6 Å². The fraction of sp³-hybridized carbons (Fsp3) is 0.611. The summed E-state index contributed by atoms with van der Waals surface area (Å²) in [5, 5.41) is 13.6. The zero-order valence-corrected chi connectivity index (χ0v) is 16.8. The number of rotatable bonds is 9. The van der Waals surface area contributed by atoms with E-state index in [1.807, 2.05) is 24.3 Å². The molecule has 1 aromatic rings. The van der Waals surface area contributed by atoms with Gasteiger partial charge in [-0.1, -0.05) is 28.1 Å². The summed E-state index contributed by atoms with van der Waals surface area (Å²) < 4.78 is 15.8. The molecule has 0 aromatic heterocycles. The van der Waals surface area contributed by atoms with E-state index in [4.69, 9.17) is 14.2 Å². The monoisotopic (exact) mass is 417 g/mol. The summed E-state index contributed by atoms with van der Waals surface area (Å²) >= 11 is 3.36. The van der Waals surface area contributed by atoms with Gasteiger partial charge in [0.15, 0.2) is 6.29 Å². The van der Waals surface area contributed by atoms with Crippen molar-refractivity contribution in [3.05, 3.63) is 29.8 Å². The Balaban J connectivity index is 2.67. The fourth-order valence-electron chi connectivity index (χ4n) is 2.07. The lowest BCUT2D eigenvalue weighted by Gasteiger charge is -2.26. The summed E-state index contributed by atoms with van der Waals surface area (Å²) in [5.74, 6) is 0.786. The van der Waals surface area contributed by atoms with Crippen LogP contribution in [0.3, 0.4) is 0 Å². The lowest BCUT2D eigenvalue weighted by atomic mass is 10.1. The number of methoxy groups -OCH3 is 1.